The summed E-state index contributed by atoms with van der Waals surface area (Å²) < 4.78 is 1.63. The maximum atomic E-state index is 13.4. The van der Waals surface area contributed by atoms with Gasteiger partial charge in [0.05, 0.1) is 6.20 Å². The van der Waals surface area contributed by atoms with E-state index in [-0.39, 0.29) is 25.9 Å². The van der Waals surface area contributed by atoms with Crippen LogP contribution < -0.4 is 31.5 Å². The summed E-state index contributed by atoms with van der Waals surface area (Å²) in [5.74, 6) is -0.616. The van der Waals surface area contributed by atoms with Gasteiger partial charge in [-0.05, 0) is 29.5 Å². The number of carbonyl (C=O) groups is 3. The van der Waals surface area contributed by atoms with Gasteiger partial charge in [-0.15, -0.1) is 0 Å². The third-order valence-electron chi connectivity index (χ3n) is 7.02. The highest BCUT2D eigenvalue weighted by atomic mass is 16.4. The summed E-state index contributed by atoms with van der Waals surface area (Å²) in [6, 6.07) is 29.9. The van der Waals surface area contributed by atoms with Crippen LogP contribution in [0.15, 0.2) is 97.2 Å². The summed E-state index contributed by atoms with van der Waals surface area (Å²) in [7, 11) is 1.76. The lowest BCUT2D eigenvalue weighted by atomic mass is 9.77. The second-order valence-corrected chi connectivity index (χ2v) is 9.70. The maximum Gasteiger partial charge on any atom is 0.227 e. The van der Waals surface area contributed by atoms with E-state index >= 15 is 0 Å². The Kier molecular flexibility index (Phi) is 9.77. The van der Waals surface area contributed by atoms with E-state index < -0.39 is 29.6 Å². The van der Waals surface area contributed by atoms with E-state index in [2.05, 4.69) is 26.4 Å². The fourth-order valence-electron chi connectivity index (χ4n) is 4.97. The normalized spacial score (nSPS) is 11.1. The lowest BCUT2D eigenvalue weighted by molar-refractivity contribution is -0.251. The SMILES string of the molecule is Cn1ncc(NC(=O)C(CCNC(=O)[O-])CCNC(=O)[O-])c1NC(c1ccccc1)(c1ccccc1)c1ccccc1. The van der Waals surface area contributed by atoms with Gasteiger partial charge >= 0.3 is 0 Å². The number of amides is 3. The number of carbonyl (C=O) groups excluding carboxylic acids is 3. The van der Waals surface area contributed by atoms with E-state index in [4.69, 9.17) is 0 Å². The van der Waals surface area contributed by atoms with E-state index in [9.17, 15) is 24.6 Å². The van der Waals surface area contributed by atoms with Gasteiger partial charge in [-0.3, -0.25) is 9.48 Å². The first-order valence-corrected chi connectivity index (χ1v) is 13.5. The Bertz CT molecular complexity index is 1360. The molecule has 1 heterocycles. The maximum absolute atomic E-state index is 13.4. The molecular weight excluding hydrogens is 536 g/mol. The van der Waals surface area contributed by atoms with Crippen molar-refractivity contribution in [2.75, 3.05) is 23.7 Å². The summed E-state index contributed by atoms with van der Waals surface area (Å²) >= 11 is 0. The highest BCUT2D eigenvalue weighted by Crippen LogP contribution is 2.41. The van der Waals surface area contributed by atoms with E-state index in [1.54, 1.807) is 11.7 Å². The number of aromatic nitrogens is 2. The van der Waals surface area contributed by atoms with Crippen LogP contribution in [0.2, 0.25) is 0 Å². The zero-order valence-corrected chi connectivity index (χ0v) is 23.1. The number of hydrogen-bond donors (Lipinski definition) is 4. The number of nitrogens with one attached hydrogen (secondary N) is 4. The van der Waals surface area contributed by atoms with Crippen LogP contribution >= 0.6 is 0 Å². The molecule has 1 aromatic heterocycles. The molecular formula is C31H32N6O5-2. The molecule has 11 heteroatoms. The van der Waals surface area contributed by atoms with E-state index in [1.165, 1.54) is 6.20 Å². The van der Waals surface area contributed by atoms with Crippen molar-refractivity contribution in [3.05, 3.63) is 114 Å². The molecule has 11 nitrogen and oxygen atoms in total. The number of carboxylic acid groups (broad SMARTS) is 2. The molecule has 4 aromatic rings. The van der Waals surface area contributed by atoms with Gasteiger partial charge in [0.2, 0.25) is 5.91 Å². The van der Waals surface area contributed by atoms with Gasteiger partial charge in [0, 0.05) is 26.1 Å². The van der Waals surface area contributed by atoms with Crippen molar-refractivity contribution in [3.63, 3.8) is 0 Å². The van der Waals surface area contributed by atoms with Crippen molar-refractivity contribution in [2.24, 2.45) is 13.0 Å². The minimum Gasteiger partial charge on any atom is -0.530 e. The van der Waals surface area contributed by atoms with E-state index in [0.717, 1.165) is 16.7 Å². The summed E-state index contributed by atoms with van der Waals surface area (Å²) in [5, 5.41) is 37.0. The smallest absolute Gasteiger partial charge is 0.227 e. The third kappa shape index (κ3) is 7.05. The Morgan fingerprint density at radius 2 is 1.19 bits per heavy atom. The highest BCUT2D eigenvalue weighted by molar-refractivity contribution is 5.95. The average molecular weight is 569 g/mol. The number of aryl methyl sites for hydroxylation is 1. The summed E-state index contributed by atoms with van der Waals surface area (Å²) in [6.07, 6.45) is -1.14. The van der Waals surface area contributed by atoms with Crippen LogP contribution in [0.3, 0.4) is 0 Å². The molecule has 0 saturated carbocycles. The van der Waals surface area contributed by atoms with Crippen molar-refractivity contribution < 1.29 is 24.6 Å². The molecule has 42 heavy (non-hydrogen) atoms. The molecule has 0 aliphatic carbocycles. The first-order valence-electron chi connectivity index (χ1n) is 13.5. The van der Waals surface area contributed by atoms with Crippen LogP contribution in [-0.2, 0) is 17.4 Å². The van der Waals surface area contributed by atoms with Crippen LogP contribution in [0.25, 0.3) is 0 Å². The van der Waals surface area contributed by atoms with Gasteiger partial charge < -0.3 is 41.1 Å². The molecule has 0 aliphatic rings. The Labute approximate surface area is 243 Å². The molecule has 0 radical (unpaired) electrons. The molecule has 0 saturated heterocycles. The van der Waals surface area contributed by atoms with Gasteiger partial charge in [0.1, 0.15) is 29.2 Å². The number of hydrogen-bond acceptors (Lipinski definition) is 7. The molecule has 0 spiro atoms. The van der Waals surface area contributed by atoms with Gasteiger partial charge in [-0.2, -0.15) is 5.10 Å². The molecule has 0 unspecified atom stereocenters. The molecule has 4 rings (SSSR count). The van der Waals surface area contributed by atoms with E-state index in [1.807, 2.05) is 91.0 Å². The topological polar surface area (TPSA) is 163 Å². The van der Waals surface area contributed by atoms with Gasteiger partial charge in [0.25, 0.3) is 0 Å². The lowest BCUT2D eigenvalue weighted by Gasteiger charge is -2.38. The number of anilines is 2. The van der Waals surface area contributed by atoms with Crippen LogP contribution in [0.1, 0.15) is 29.5 Å². The van der Waals surface area contributed by atoms with Crippen molar-refractivity contribution in [2.45, 2.75) is 18.4 Å². The van der Waals surface area contributed by atoms with Crippen LogP contribution in [0, 0.1) is 5.92 Å². The zero-order chi connectivity index (χ0) is 30.0. The van der Waals surface area contributed by atoms with Gasteiger partial charge in [-0.25, -0.2) is 0 Å². The second-order valence-electron chi connectivity index (χ2n) is 9.70. The number of nitrogens with zero attached hydrogens (tertiary/aromatic N) is 2. The average Bonchev–Trinajstić information content (AvgIpc) is 3.33. The van der Waals surface area contributed by atoms with Gasteiger partial charge in [-0.1, -0.05) is 91.0 Å². The Balaban J connectivity index is 1.72. The largest absolute Gasteiger partial charge is 0.530 e. The van der Waals surface area contributed by atoms with Crippen molar-refractivity contribution in [1.82, 2.24) is 20.4 Å². The minimum absolute atomic E-state index is 0.0387. The first-order chi connectivity index (χ1) is 20.3. The van der Waals surface area contributed by atoms with Crippen LogP contribution in [0.5, 0.6) is 0 Å². The third-order valence-corrected chi connectivity index (χ3v) is 7.02. The van der Waals surface area contributed by atoms with Crippen LogP contribution in [0.4, 0.5) is 21.1 Å². The fraction of sp³-hybridized carbons (Fsp3) is 0.226. The monoisotopic (exact) mass is 568 g/mol. The zero-order valence-electron chi connectivity index (χ0n) is 23.1. The molecule has 0 atom stereocenters. The summed E-state index contributed by atoms with van der Waals surface area (Å²) in [6.45, 7) is -0.0773. The first kappa shape index (κ1) is 29.7. The number of rotatable bonds is 13. The lowest BCUT2D eigenvalue weighted by Crippen LogP contribution is -2.40. The van der Waals surface area contributed by atoms with Crippen molar-refractivity contribution in [3.8, 4) is 0 Å². The Morgan fingerprint density at radius 3 is 1.60 bits per heavy atom. The van der Waals surface area contributed by atoms with Gasteiger partial charge in [0.15, 0.2) is 0 Å². The summed E-state index contributed by atoms with van der Waals surface area (Å²) in [5.41, 5.74) is 2.40. The number of benzene rings is 3. The molecule has 218 valence electrons. The second kappa shape index (κ2) is 13.8. The molecule has 4 N–H and O–H groups in total. The molecule has 0 bridgehead atoms. The van der Waals surface area contributed by atoms with Crippen molar-refractivity contribution >= 4 is 29.6 Å². The Morgan fingerprint density at radius 1 is 0.762 bits per heavy atom. The quantitative estimate of drug-likeness (QED) is 0.179. The Hall–Kier alpha value is -5.32. The minimum atomic E-state index is -1.46. The fourth-order valence-corrected chi connectivity index (χ4v) is 4.97. The molecule has 3 aromatic carbocycles. The van der Waals surface area contributed by atoms with E-state index in [0.29, 0.717) is 11.5 Å². The summed E-state index contributed by atoms with van der Waals surface area (Å²) in [4.78, 5) is 35.1. The van der Waals surface area contributed by atoms with Crippen molar-refractivity contribution in [1.29, 1.82) is 0 Å². The molecule has 0 fully saturated rings. The molecule has 0 aliphatic heterocycles. The predicted molar refractivity (Wildman–Crippen MR) is 154 cm³/mol. The molecule has 3 amide bonds. The standard InChI is InChI=1S/C31H34N6O5/c1-37-27(26(21-34-37)35-28(38)22(17-19-32-29(39)40)18-20-33-30(41)42)36-31(23-11-5-2-6-12-23,24-13-7-3-8-14-24)25-15-9-4-10-16-25/h2-16,21-22,32-33,36H,17-20H2,1H3,(H,35,38)(H,39,40)(H,41,42)/p-2. The highest BCUT2D eigenvalue weighted by Gasteiger charge is 2.38. The predicted octanol–water partition coefficient (Wildman–Crippen LogP) is 2.02. The van der Waals surface area contributed by atoms with Crippen LogP contribution in [-0.4, -0.2) is 41.0 Å².